The monoisotopic (exact) mass is 319 g/mol. The van der Waals surface area contributed by atoms with Gasteiger partial charge in [0.25, 0.3) is 0 Å². The van der Waals surface area contributed by atoms with Gasteiger partial charge in [0.1, 0.15) is 11.8 Å². The number of likely N-dealkylation sites (tertiary alicyclic amines) is 1. The summed E-state index contributed by atoms with van der Waals surface area (Å²) in [5.74, 6) is -0.827. The van der Waals surface area contributed by atoms with Crippen molar-refractivity contribution in [2.24, 2.45) is 0 Å². The third-order valence-electron chi connectivity index (χ3n) is 3.23. The maximum Gasteiger partial charge on any atom is 0.410 e. The lowest BCUT2D eigenvalue weighted by Gasteiger charge is -2.28. The molecule has 6 nitrogen and oxygen atoms in total. The SMILES string of the molecule is CC(C)(C)OC(=O)N1C[C@@H](F)C[C@H]1COCCCCC(=O)O. The van der Waals surface area contributed by atoms with Gasteiger partial charge < -0.3 is 14.6 Å². The number of alkyl halides is 1. The Labute approximate surface area is 130 Å². The third-order valence-corrected chi connectivity index (χ3v) is 3.23. The van der Waals surface area contributed by atoms with E-state index < -0.39 is 23.8 Å². The Kier molecular flexibility index (Phi) is 7.06. The molecule has 0 bridgehead atoms. The van der Waals surface area contributed by atoms with Crippen molar-refractivity contribution in [3.05, 3.63) is 0 Å². The summed E-state index contributed by atoms with van der Waals surface area (Å²) in [5, 5.41) is 8.52. The molecule has 0 radical (unpaired) electrons. The molecule has 0 aliphatic carbocycles. The average molecular weight is 319 g/mol. The van der Waals surface area contributed by atoms with Crippen LogP contribution in [0.2, 0.25) is 0 Å². The van der Waals surface area contributed by atoms with Gasteiger partial charge in [0.15, 0.2) is 0 Å². The second kappa shape index (κ2) is 8.31. The van der Waals surface area contributed by atoms with Crippen LogP contribution in [0, 0.1) is 0 Å². The van der Waals surface area contributed by atoms with Gasteiger partial charge in [-0.25, -0.2) is 9.18 Å². The Hall–Kier alpha value is -1.37. The zero-order valence-corrected chi connectivity index (χ0v) is 13.5. The summed E-state index contributed by atoms with van der Waals surface area (Å²) in [6.45, 7) is 5.98. The number of amides is 1. The lowest BCUT2D eigenvalue weighted by Crippen LogP contribution is -2.42. The first-order chi connectivity index (χ1) is 10.2. The van der Waals surface area contributed by atoms with Crippen molar-refractivity contribution >= 4 is 12.1 Å². The predicted molar refractivity (Wildman–Crippen MR) is 78.5 cm³/mol. The molecule has 128 valence electrons. The summed E-state index contributed by atoms with van der Waals surface area (Å²) in [7, 11) is 0. The van der Waals surface area contributed by atoms with Crippen LogP contribution in [-0.4, -0.2) is 59.6 Å². The van der Waals surface area contributed by atoms with Gasteiger partial charge in [0.05, 0.1) is 19.2 Å². The van der Waals surface area contributed by atoms with Crippen LogP contribution >= 0.6 is 0 Å². The Morgan fingerprint density at radius 1 is 1.32 bits per heavy atom. The van der Waals surface area contributed by atoms with E-state index in [9.17, 15) is 14.0 Å². The van der Waals surface area contributed by atoms with Gasteiger partial charge in [-0.3, -0.25) is 9.69 Å². The molecule has 0 aromatic carbocycles. The van der Waals surface area contributed by atoms with Crippen LogP contribution in [-0.2, 0) is 14.3 Å². The van der Waals surface area contributed by atoms with Crippen LogP contribution in [0.3, 0.4) is 0 Å². The number of carbonyl (C=O) groups is 2. The van der Waals surface area contributed by atoms with E-state index in [1.807, 2.05) is 0 Å². The summed E-state index contributed by atoms with van der Waals surface area (Å²) in [6.07, 6.45) is -0.0516. The first kappa shape index (κ1) is 18.7. The number of hydrogen-bond acceptors (Lipinski definition) is 4. The van der Waals surface area contributed by atoms with E-state index in [4.69, 9.17) is 14.6 Å². The molecule has 7 heteroatoms. The van der Waals surface area contributed by atoms with E-state index in [0.29, 0.717) is 19.4 Å². The standard InChI is InChI=1S/C15H26FNO5/c1-15(2,3)22-14(20)17-9-11(16)8-12(17)10-21-7-5-4-6-13(18)19/h11-12H,4-10H2,1-3H3,(H,18,19)/t11-,12-/m0/s1. The molecule has 0 unspecified atom stereocenters. The van der Waals surface area contributed by atoms with Crippen LogP contribution in [0.25, 0.3) is 0 Å². The summed E-state index contributed by atoms with van der Waals surface area (Å²) >= 11 is 0. The minimum Gasteiger partial charge on any atom is -0.481 e. The van der Waals surface area contributed by atoms with Crippen LogP contribution in [0.1, 0.15) is 46.5 Å². The van der Waals surface area contributed by atoms with Crippen LogP contribution in [0.15, 0.2) is 0 Å². The van der Waals surface area contributed by atoms with E-state index in [0.717, 1.165) is 0 Å². The van der Waals surface area contributed by atoms with E-state index in [1.165, 1.54) is 4.90 Å². The summed E-state index contributed by atoms with van der Waals surface area (Å²) in [6, 6.07) is -0.329. The Balaban J connectivity index is 2.34. The van der Waals surface area contributed by atoms with Crippen molar-refractivity contribution in [2.45, 2.75) is 64.3 Å². The van der Waals surface area contributed by atoms with Crippen molar-refractivity contribution in [1.29, 1.82) is 0 Å². The highest BCUT2D eigenvalue weighted by Crippen LogP contribution is 2.23. The molecule has 1 aliphatic heterocycles. The number of carbonyl (C=O) groups excluding carboxylic acids is 1. The molecule has 1 N–H and O–H groups in total. The number of ether oxygens (including phenoxy) is 2. The highest BCUT2D eigenvalue weighted by Gasteiger charge is 2.37. The fraction of sp³-hybridized carbons (Fsp3) is 0.867. The number of rotatable bonds is 7. The number of nitrogens with zero attached hydrogens (tertiary/aromatic N) is 1. The summed E-state index contributed by atoms with van der Waals surface area (Å²) < 4.78 is 24.3. The largest absolute Gasteiger partial charge is 0.481 e. The average Bonchev–Trinajstić information content (AvgIpc) is 2.72. The number of carboxylic acids is 1. The molecular weight excluding hydrogens is 293 g/mol. The molecule has 0 saturated carbocycles. The number of carboxylic acid groups (broad SMARTS) is 1. The van der Waals surface area contributed by atoms with Crippen molar-refractivity contribution in [2.75, 3.05) is 19.8 Å². The first-order valence-corrected chi connectivity index (χ1v) is 7.62. The minimum absolute atomic E-state index is 0.0297. The number of aliphatic carboxylic acids is 1. The Morgan fingerprint density at radius 3 is 2.59 bits per heavy atom. The molecule has 2 atom stereocenters. The normalized spacial score (nSPS) is 21.9. The smallest absolute Gasteiger partial charge is 0.410 e. The quantitative estimate of drug-likeness (QED) is 0.730. The lowest BCUT2D eigenvalue weighted by molar-refractivity contribution is -0.137. The molecule has 0 spiro atoms. The molecule has 1 heterocycles. The molecule has 1 saturated heterocycles. The predicted octanol–water partition coefficient (Wildman–Crippen LogP) is 2.61. The molecule has 1 amide bonds. The fourth-order valence-electron chi connectivity index (χ4n) is 2.26. The maximum atomic E-state index is 13.6. The zero-order chi connectivity index (χ0) is 16.8. The van der Waals surface area contributed by atoms with E-state index in [-0.39, 0.29) is 32.0 Å². The van der Waals surface area contributed by atoms with Crippen LogP contribution in [0.4, 0.5) is 9.18 Å². The molecule has 0 aromatic rings. The first-order valence-electron chi connectivity index (χ1n) is 7.62. The second-order valence-corrected chi connectivity index (χ2v) is 6.55. The lowest BCUT2D eigenvalue weighted by atomic mass is 10.2. The number of hydrogen-bond donors (Lipinski definition) is 1. The van der Waals surface area contributed by atoms with Crippen molar-refractivity contribution < 1.29 is 28.6 Å². The molecule has 1 rings (SSSR count). The Morgan fingerprint density at radius 2 is 2.00 bits per heavy atom. The topological polar surface area (TPSA) is 76.1 Å². The number of unbranched alkanes of at least 4 members (excludes halogenated alkanes) is 1. The van der Waals surface area contributed by atoms with Gasteiger partial charge in [0, 0.05) is 19.4 Å². The van der Waals surface area contributed by atoms with Gasteiger partial charge in [-0.2, -0.15) is 0 Å². The van der Waals surface area contributed by atoms with Crippen LogP contribution < -0.4 is 0 Å². The highest BCUT2D eigenvalue weighted by molar-refractivity contribution is 5.69. The highest BCUT2D eigenvalue weighted by atomic mass is 19.1. The van der Waals surface area contributed by atoms with Gasteiger partial charge in [-0.05, 0) is 33.6 Å². The van der Waals surface area contributed by atoms with Crippen LogP contribution in [0.5, 0.6) is 0 Å². The second-order valence-electron chi connectivity index (χ2n) is 6.55. The summed E-state index contributed by atoms with van der Waals surface area (Å²) in [5.41, 5.74) is -0.617. The Bertz CT molecular complexity index is 383. The fourth-order valence-corrected chi connectivity index (χ4v) is 2.26. The molecule has 1 aliphatic rings. The van der Waals surface area contributed by atoms with Crippen molar-refractivity contribution in [3.8, 4) is 0 Å². The van der Waals surface area contributed by atoms with Gasteiger partial charge in [-0.15, -0.1) is 0 Å². The van der Waals surface area contributed by atoms with E-state index >= 15 is 0 Å². The minimum atomic E-state index is -1.06. The zero-order valence-electron chi connectivity index (χ0n) is 13.5. The van der Waals surface area contributed by atoms with Crippen molar-refractivity contribution in [3.63, 3.8) is 0 Å². The molecular formula is C15H26FNO5. The molecule has 22 heavy (non-hydrogen) atoms. The number of halogens is 1. The molecule has 1 fully saturated rings. The molecule has 0 aromatic heterocycles. The third kappa shape index (κ3) is 7.06. The van der Waals surface area contributed by atoms with Crippen molar-refractivity contribution in [1.82, 2.24) is 4.90 Å². The summed E-state index contributed by atoms with van der Waals surface area (Å²) in [4.78, 5) is 23.8. The van der Waals surface area contributed by atoms with Gasteiger partial charge >= 0.3 is 12.1 Å². The van der Waals surface area contributed by atoms with Gasteiger partial charge in [-0.1, -0.05) is 0 Å². The van der Waals surface area contributed by atoms with Gasteiger partial charge in [0.2, 0.25) is 0 Å². The van der Waals surface area contributed by atoms with E-state index in [2.05, 4.69) is 0 Å². The maximum absolute atomic E-state index is 13.6. The van der Waals surface area contributed by atoms with E-state index in [1.54, 1.807) is 20.8 Å².